The summed E-state index contributed by atoms with van der Waals surface area (Å²) in [7, 11) is 3.06. The molecule has 0 aliphatic heterocycles. The highest BCUT2D eigenvalue weighted by Crippen LogP contribution is 2.33. The first-order chi connectivity index (χ1) is 11.3. The van der Waals surface area contributed by atoms with Crippen LogP contribution in [0.15, 0.2) is 16.6 Å². The van der Waals surface area contributed by atoms with Gasteiger partial charge in [0.15, 0.2) is 18.1 Å². The number of rotatable bonds is 8. The van der Waals surface area contributed by atoms with E-state index in [9.17, 15) is 9.59 Å². The van der Waals surface area contributed by atoms with E-state index in [1.807, 2.05) is 20.8 Å². The number of amides is 1. The van der Waals surface area contributed by atoms with Gasteiger partial charge in [-0.15, -0.1) is 0 Å². The second-order valence-electron chi connectivity index (χ2n) is 5.74. The van der Waals surface area contributed by atoms with Gasteiger partial charge in [0, 0.05) is 10.5 Å². The summed E-state index contributed by atoms with van der Waals surface area (Å²) in [6.07, 6.45) is 0.0218. The van der Waals surface area contributed by atoms with E-state index in [-0.39, 0.29) is 25.0 Å². The Morgan fingerprint density at radius 2 is 1.71 bits per heavy atom. The number of nitrogens with one attached hydrogen (secondary N) is 1. The van der Waals surface area contributed by atoms with Crippen LogP contribution in [0.3, 0.4) is 0 Å². The van der Waals surface area contributed by atoms with Crippen molar-refractivity contribution in [2.24, 2.45) is 5.92 Å². The highest BCUT2D eigenvalue weighted by Gasteiger charge is 2.16. The summed E-state index contributed by atoms with van der Waals surface area (Å²) in [5.74, 6) is 0.592. The number of hydrogen-bond acceptors (Lipinski definition) is 5. The van der Waals surface area contributed by atoms with Crippen molar-refractivity contribution in [2.75, 3.05) is 20.8 Å². The molecular formula is C17H24BrNO5. The number of carbonyl (C=O) groups excluding carboxylic acids is 2. The van der Waals surface area contributed by atoms with Crippen molar-refractivity contribution in [3.8, 4) is 11.5 Å². The van der Waals surface area contributed by atoms with Gasteiger partial charge in [-0.05, 0) is 30.5 Å². The monoisotopic (exact) mass is 401 g/mol. The SMILES string of the molecule is COc1cc(Br)c(CC(=O)OCC(=O)N[C@@H](C)C(C)C)cc1OC. The number of methoxy groups -OCH3 is 2. The first-order valence-electron chi connectivity index (χ1n) is 7.63. The van der Waals surface area contributed by atoms with Gasteiger partial charge in [0.2, 0.25) is 0 Å². The number of halogens is 1. The molecule has 1 aromatic rings. The second-order valence-corrected chi connectivity index (χ2v) is 6.59. The van der Waals surface area contributed by atoms with Crippen LogP contribution < -0.4 is 14.8 Å². The molecule has 1 N–H and O–H groups in total. The van der Waals surface area contributed by atoms with E-state index in [1.54, 1.807) is 12.1 Å². The lowest BCUT2D eigenvalue weighted by Gasteiger charge is -2.17. The van der Waals surface area contributed by atoms with Crippen LogP contribution in [0.1, 0.15) is 26.3 Å². The van der Waals surface area contributed by atoms with Crippen LogP contribution >= 0.6 is 15.9 Å². The van der Waals surface area contributed by atoms with E-state index in [2.05, 4.69) is 21.2 Å². The van der Waals surface area contributed by atoms with Crippen LogP contribution in [0.5, 0.6) is 11.5 Å². The molecule has 0 saturated carbocycles. The van der Waals surface area contributed by atoms with Crippen LogP contribution in [0.2, 0.25) is 0 Å². The molecule has 134 valence electrons. The van der Waals surface area contributed by atoms with Gasteiger partial charge in [-0.3, -0.25) is 9.59 Å². The lowest BCUT2D eigenvalue weighted by molar-refractivity contribution is -0.148. The Labute approximate surface area is 151 Å². The second kappa shape index (κ2) is 9.52. The van der Waals surface area contributed by atoms with Gasteiger partial charge in [0.05, 0.1) is 20.6 Å². The maximum atomic E-state index is 11.9. The van der Waals surface area contributed by atoms with E-state index in [0.29, 0.717) is 27.5 Å². The van der Waals surface area contributed by atoms with Crippen molar-refractivity contribution < 1.29 is 23.8 Å². The minimum atomic E-state index is -0.490. The summed E-state index contributed by atoms with van der Waals surface area (Å²) in [4.78, 5) is 23.7. The van der Waals surface area contributed by atoms with Gasteiger partial charge in [-0.1, -0.05) is 29.8 Å². The molecule has 1 amide bonds. The average Bonchev–Trinajstić information content (AvgIpc) is 2.54. The number of carbonyl (C=O) groups is 2. The van der Waals surface area contributed by atoms with Gasteiger partial charge >= 0.3 is 5.97 Å². The Hall–Kier alpha value is -1.76. The van der Waals surface area contributed by atoms with Crippen molar-refractivity contribution in [1.82, 2.24) is 5.32 Å². The number of ether oxygens (including phenoxy) is 3. The molecule has 0 aliphatic rings. The van der Waals surface area contributed by atoms with E-state index >= 15 is 0 Å². The highest BCUT2D eigenvalue weighted by molar-refractivity contribution is 9.10. The summed E-state index contributed by atoms with van der Waals surface area (Å²) >= 11 is 3.39. The summed E-state index contributed by atoms with van der Waals surface area (Å²) in [6.45, 7) is 5.63. The van der Waals surface area contributed by atoms with Gasteiger partial charge in [0.25, 0.3) is 5.91 Å². The zero-order valence-electron chi connectivity index (χ0n) is 14.6. The Morgan fingerprint density at radius 1 is 1.12 bits per heavy atom. The Bertz CT molecular complexity index is 589. The first-order valence-corrected chi connectivity index (χ1v) is 8.43. The molecule has 7 heteroatoms. The van der Waals surface area contributed by atoms with Crippen molar-refractivity contribution >= 4 is 27.8 Å². The third kappa shape index (κ3) is 6.03. The maximum absolute atomic E-state index is 11.9. The molecule has 0 spiro atoms. The fourth-order valence-corrected chi connectivity index (χ4v) is 2.31. The van der Waals surface area contributed by atoms with E-state index < -0.39 is 5.97 Å². The van der Waals surface area contributed by atoms with E-state index in [0.717, 1.165) is 0 Å². The van der Waals surface area contributed by atoms with Gasteiger partial charge in [0.1, 0.15) is 0 Å². The highest BCUT2D eigenvalue weighted by atomic mass is 79.9. The topological polar surface area (TPSA) is 73.9 Å². The molecule has 0 heterocycles. The van der Waals surface area contributed by atoms with Crippen molar-refractivity contribution in [2.45, 2.75) is 33.2 Å². The van der Waals surface area contributed by atoms with Crippen LogP contribution in [0, 0.1) is 5.92 Å². The fourth-order valence-electron chi connectivity index (χ4n) is 1.85. The predicted molar refractivity (Wildman–Crippen MR) is 94.4 cm³/mol. The van der Waals surface area contributed by atoms with E-state index in [1.165, 1.54) is 14.2 Å². The molecule has 0 saturated heterocycles. The smallest absolute Gasteiger partial charge is 0.310 e. The summed E-state index contributed by atoms with van der Waals surface area (Å²) in [5, 5.41) is 2.78. The van der Waals surface area contributed by atoms with E-state index in [4.69, 9.17) is 14.2 Å². The summed E-state index contributed by atoms with van der Waals surface area (Å²) in [5.41, 5.74) is 0.689. The normalized spacial score (nSPS) is 11.8. The quantitative estimate of drug-likeness (QED) is 0.677. The summed E-state index contributed by atoms with van der Waals surface area (Å²) < 4.78 is 16.1. The zero-order chi connectivity index (χ0) is 18.3. The third-order valence-electron chi connectivity index (χ3n) is 3.64. The molecule has 1 atom stereocenters. The van der Waals surface area contributed by atoms with Gasteiger partial charge in [-0.2, -0.15) is 0 Å². The third-order valence-corrected chi connectivity index (χ3v) is 4.38. The standard InChI is InChI=1S/C17H24BrNO5/c1-10(2)11(3)19-16(20)9-24-17(21)7-12-6-14(22-4)15(23-5)8-13(12)18/h6,8,10-11H,7,9H2,1-5H3,(H,19,20)/t11-/m0/s1. The molecule has 24 heavy (non-hydrogen) atoms. The molecule has 0 fully saturated rings. The molecule has 0 bridgehead atoms. The summed E-state index contributed by atoms with van der Waals surface area (Å²) in [6, 6.07) is 3.44. The molecule has 0 unspecified atom stereocenters. The van der Waals surface area contributed by atoms with Crippen molar-refractivity contribution in [1.29, 1.82) is 0 Å². The molecule has 1 aromatic carbocycles. The Balaban J connectivity index is 2.61. The number of benzene rings is 1. The minimum Gasteiger partial charge on any atom is -0.493 e. The molecule has 0 radical (unpaired) electrons. The van der Waals surface area contributed by atoms with Crippen LogP contribution in [0.4, 0.5) is 0 Å². The average molecular weight is 402 g/mol. The lowest BCUT2D eigenvalue weighted by atomic mass is 10.1. The molecule has 0 aromatic heterocycles. The zero-order valence-corrected chi connectivity index (χ0v) is 16.2. The van der Waals surface area contributed by atoms with Crippen LogP contribution in [0.25, 0.3) is 0 Å². The number of hydrogen-bond donors (Lipinski definition) is 1. The largest absolute Gasteiger partial charge is 0.493 e. The minimum absolute atomic E-state index is 0.0218. The Morgan fingerprint density at radius 3 is 2.25 bits per heavy atom. The molecular weight excluding hydrogens is 378 g/mol. The number of esters is 1. The van der Waals surface area contributed by atoms with Crippen LogP contribution in [-0.4, -0.2) is 38.7 Å². The molecule has 6 nitrogen and oxygen atoms in total. The Kier molecular flexibility index (Phi) is 8.04. The molecule has 1 rings (SSSR count). The van der Waals surface area contributed by atoms with Gasteiger partial charge in [-0.25, -0.2) is 0 Å². The van der Waals surface area contributed by atoms with Crippen molar-refractivity contribution in [3.63, 3.8) is 0 Å². The van der Waals surface area contributed by atoms with Crippen LogP contribution in [-0.2, 0) is 20.7 Å². The molecule has 0 aliphatic carbocycles. The maximum Gasteiger partial charge on any atom is 0.310 e. The lowest BCUT2D eigenvalue weighted by Crippen LogP contribution is -2.38. The fraction of sp³-hybridized carbons (Fsp3) is 0.529. The first kappa shape index (κ1) is 20.3. The predicted octanol–water partition coefficient (Wildman–Crippen LogP) is 2.71. The van der Waals surface area contributed by atoms with Crippen molar-refractivity contribution in [3.05, 3.63) is 22.2 Å². The van der Waals surface area contributed by atoms with Gasteiger partial charge < -0.3 is 19.5 Å².